The molecule has 1 aliphatic rings. The Labute approximate surface area is 167 Å². The number of amides is 1. The summed E-state index contributed by atoms with van der Waals surface area (Å²) in [6, 6.07) is 12.9. The minimum atomic E-state index is -3.72. The highest BCUT2D eigenvalue weighted by atomic mass is 32.2. The number of nitrogens with one attached hydrogen (secondary N) is 2. The normalized spacial score (nSPS) is 13.9. The maximum atomic E-state index is 12.5. The Balaban J connectivity index is 1.44. The summed E-state index contributed by atoms with van der Waals surface area (Å²) in [6.07, 6.45) is 2.31. The summed E-state index contributed by atoms with van der Waals surface area (Å²) in [5.41, 5.74) is 2.94. The van der Waals surface area contributed by atoms with E-state index in [4.69, 9.17) is 0 Å². The van der Waals surface area contributed by atoms with E-state index in [1.165, 1.54) is 35.6 Å². The Morgan fingerprint density at radius 3 is 2.39 bits per heavy atom. The smallest absolute Gasteiger partial charge is 0.261 e. The number of hydrogen-bond acceptors (Lipinski definition) is 5. The second-order valence-electron chi connectivity index (χ2n) is 6.80. The number of sulfonamides is 1. The maximum Gasteiger partial charge on any atom is 0.261 e. The first-order chi connectivity index (χ1) is 13.4. The molecular weight excluding hydrogens is 394 g/mol. The fourth-order valence-electron chi connectivity index (χ4n) is 2.70. The van der Waals surface area contributed by atoms with Gasteiger partial charge in [0.2, 0.25) is 0 Å². The number of benzene rings is 2. The van der Waals surface area contributed by atoms with Crippen LogP contribution in [0.4, 0.5) is 10.8 Å². The molecule has 0 radical (unpaired) electrons. The van der Waals surface area contributed by atoms with Crippen LogP contribution in [0.3, 0.4) is 0 Å². The van der Waals surface area contributed by atoms with Crippen LogP contribution in [0.2, 0.25) is 0 Å². The third-order valence-corrected chi connectivity index (χ3v) is 6.64. The monoisotopic (exact) mass is 413 g/mol. The molecule has 1 amide bonds. The summed E-state index contributed by atoms with van der Waals surface area (Å²) in [5.74, 6) is 0.222. The summed E-state index contributed by atoms with van der Waals surface area (Å²) in [7, 11) is -3.72. The predicted octanol–water partition coefficient (Wildman–Crippen LogP) is 4.38. The molecule has 1 heterocycles. The van der Waals surface area contributed by atoms with Crippen molar-refractivity contribution < 1.29 is 13.2 Å². The van der Waals surface area contributed by atoms with Crippen LogP contribution in [0.5, 0.6) is 0 Å². The van der Waals surface area contributed by atoms with Crippen LogP contribution in [0.25, 0.3) is 0 Å². The number of aromatic nitrogens is 1. The Bertz CT molecular complexity index is 1100. The van der Waals surface area contributed by atoms with Gasteiger partial charge in [0, 0.05) is 22.5 Å². The van der Waals surface area contributed by atoms with E-state index < -0.39 is 10.0 Å². The van der Waals surface area contributed by atoms with Gasteiger partial charge in [-0.2, -0.15) is 0 Å². The molecule has 144 valence electrons. The molecule has 6 nitrogen and oxygen atoms in total. The van der Waals surface area contributed by atoms with Gasteiger partial charge in [0.25, 0.3) is 15.9 Å². The van der Waals surface area contributed by atoms with E-state index in [0.29, 0.717) is 22.3 Å². The third kappa shape index (κ3) is 4.23. The molecule has 1 aromatic heterocycles. The van der Waals surface area contributed by atoms with Gasteiger partial charge in [0.1, 0.15) is 0 Å². The molecule has 4 rings (SSSR count). The lowest BCUT2D eigenvalue weighted by molar-refractivity contribution is 0.102. The minimum Gasteiger partial charge on any atom is -0.298 e. The van der Waals surface area contributed by atoms with Crippen LogP contribution in [-0.4, -0.2) is 19.3 Å². The summed E-state index contributed by atoms with van der Waals surface area (Å²) in [6.45, 7) is 1.93. The van der Waals surface area contributed by atoms with Crippen LogP contribution in [0.15, 0.2) is 58.8 Å². The molecule has 3 aromatic rings. The molecular formula is C20H19N3O3S2. The first-order valence-corrected chi connectivity index (χ1v) is 11.2. The van der Waals surface area contributed by atoms with Crippen molar-refractivity contribution in [1.82, 2.24) is 4.98 Å². The van der Waals surface area contributed by atoms with E-state index in [1.807, 2.05) is 24.4 Å². The third-order valence-electron chi connectivity index (χ3n) is 4.47. The van der Waals surface area contributed by atoms with Gasteiger partial charge in [-0.05, 0) is 56.2 Å². The van der Waals surface area contributed by atoms with Gasteiger partial charge in [-0.3, -0.25) is 14.8 Å². The lowest BCUT2D eigenvalue weighted by Crippen LogP contribution is -2.14. The highest BCUT2D eigenvalue weighted by Crippen LogP contribution is 2.40. The number of aryl methyl sites for hydroxylation is 1. The van der Waals surface area contributed by atoms with Crippen molar-refractivity contribution in [2.45, 2.75) is 30.6 Å². The first-order valence-electron chi connectivity index (χ1n) is 8.87. The SMILES string of the molecule is Cc1ccc(NS(=O)(=O)c2ccc(C(=O)Nc3nc(C4CC4)cs3)cc2)cc1. The summed E-state index contributed by atoms with van der Waals surface area (Å²) >= 11 is 1.40. The van der Waals surface area contributed by atoms with E-state index in [-0.39, 0.29) is 10.8 Å². The topological polar surface area (TPSA) is 88.2 Å². The van der Waals surface area contributed by atoms with E-state index in [1.54, 1.807) is 12.1 Å². The lowest BCUT2D eigenvalue weighted by atomic mass is 10.2. The fraction of sp³-hybridized carbons (Fsp3) is 0.200. The Morgan fingerprint density at radius 1 is 1.07 bits per heavy atom. The number of carbonyl (C=O) groups is 1. The van der Waals surface area contributed by atoms with E-state index in [9.17, 15) is 13.2 Å². The zero-order valence-electron chi connectivity index (χ0n) is 15.2. The van der Waals surface area contributed by atoms with Gasteiger partial charge in [-0.1, -0.05) is 17.7 Å². The molecule has 0 unspecified atom stereocenters. The van der Waals surface area contributed by atoms with Crippen LogP contribution in [0, 0.1) is 6.92 Å². The van der Waals surface area contributed by atoms with Gasteiger partial charge < -0.3 is 0 Å². The molecule has 0 spiro atoms. The molecule has 2 aromatic carbocycles. The molecule has 0 bridgehead atoms. The highest BCUT2D eigenvalue weighted by Gasteiger charge is 2.26. The van der Waals surface area contributed by atoms with Crippen LogP contribution >= 0.6 is 11.3 Å². The molecule has 1 fully saturated rings. The van der Waals surface area contributed by atoms with Crippen LogP contribution in [-0.2, 0) is 10.0 Å². The van der Waals surface area contributed by atoms with E-state index in [2.05, 4.69) is 15.0 Å². The van der Waals surface area contributed by atoms with Crippen molar-refractivity contribution in [3.63, 3.8) is 0 Å². The number of anilines is 2. The summed E-state index contributed by atoms with van der Waals surface area (Å²) < 4.78 is 27.6. The average molecular weight is 414 g/mol. The zero-order valence-corrected chi connectivity index (χ0v) is 16.8. The Morgan fingerprint density at radius 2 is 1.75 bits per heavy atom. The number of nitrogens with zero attached hydrogens (tertiary/aromatic N) is 1. The lowest BCUT2D eigenvalue weighted by Gasteiger charge is -2.09. The molecule has 1 saturated carbocycles. The van der Waals surface area contributed by atoms with Crippen molar-refractivity contribution in [2.24, 2.45) is 0 Å². The largest absolute Gasteiger partial charge is 0.298 e. The summed E-state index contributed by atoms with van der Waals surface area (Å²) in [5, 5.41) is 5.30. The highest BCUT2D eigenvalue weighted by molar-refractivity contribution is 7.92. The molecule has 0 saturated heterocycles. The molecule has 0 atom stereocenters. The van der Waals surface area contributed by atoms with E-state index >= 15 is 0 Å². The number of carbonyl (C=O) groups excluding carboxylic acids is 1. The number of rotatable bonds is 6. The standard InChI is InChI=1S/C20H19N3O3S2/c1-13-2-8-16(9-3-13)23-28(25,26)17-10-6-15(7-11-17)19(24)22-20-21-18(12-27-20)14-4-5-14/h2-3,6-12,14,23H,4-5H2,1H3,(H,21,22,24). The first kappa shape index (κ1) is 18.6. The van der Waals surface area contributed by atoms with Crippen molar-refractivity contribution in [3.05, 3.63) is 70.7 Å². The second kappa shape index (κ2) is 7.37. The Hall–Kier alpha value is -2.71. The summed E-state index contributed by atoms with van der Waals surface area (Å²) in [4.78, 5) is 16.9. The number of thiazole rings is 1. The van der Waals surface area contributed by atoms with Gasteiger partial charge >= 0.3 is 0 Å². The van der Waals surface area contributed by atoms with Crippen LogP contribution in [0.1, 0.15) is 40.4 Å². The fourth-order valence-corrected chi connectivity index (χ4v) is 4.55. The van der Waals surface area contributed by atoms with Crippen molar-refractivity contribution in [3.8, 4) is 0 Å². The van der Waals surface area contributed by atoms with Crippen molar-refractivity contribution >= 4 is 38.1 Å². The van der Waals surface area contributed by atoms with Crippen LogP contribution < -0.4 is 10.0 Å². The van der Waals surface area contributed by atoms with Gasteiger partial charge in [-0.15, -0.1) is 11.3 Å². The second-order valence-corrected chi connectivity index (χ2v) is 9.34. The van der Waals surface area contributed by atoms with Crippen molar-refractivity contribution in [2.75, 3.05) is 10.0 Å². The van der Waals surface area contributed by atoms with Gasteiger partial charge in [-0.25, -0.2) is 13.4 Å². The molecule has 8 heteroatoms. The molecule has 2 N–H and O–H groups in total. The maximum absolute atomic E-state index is 12.5. The van der Waals surface area contributed by atoms with Gasteiger partial charge in [0.05, 0.1) is 10.6 Å². The minimum absolute atomic E-state index is 0.0925. The average Bonchev–Trinajstić information content (AvgIpc) is 3.43. The van der Waals surface area contributed by atoms with E-state index in [0.717, 1.165) is 24.1 Å². The zero-order chi connectivity index (χ0) is 19.7. The number of hydrogen-bond donors (Lipinski definition) is 2. The molecule has 28 heavy (non-hydrogen) atoms. The quantitative estimate of drug-likeness (QED) is 0.628. The molecule has 1 aliphatic carbocycles. The van der Waals surface area contributed by atoms with Crippen molar-refractivity contribution in [1.29, 1.82) is 0 Å². The van der Waals surface area contributed by atoms with Gasteiger partial charge in [0.15, 0.2) is 5.13 Å². The molecule has 0 aliphatic heterocycles. The Kier molecular flexibility index (Phi) is 4.91. The predicted molar refractivity (Wildman–Crippen MR) is 110 cm³/mol.